The van der Waals surface area contributed by atoms with E-state index in [1.54, 1.807) is 12.1 Å². The number of rotatable bonds is 3. The van der Waals surface area contributed by atoms with Gasteiger partial charge in [0.15, 0.2) is 11.5 Å². The highest BCUT2D eigenvalue weighted by molar-refractivity contribution is 6.06. The lowest BCUT2D eigenvalue weighted by molar-refractivity contribution is 0.102. The monoisotopic (exact) mass is 352 g/mol. The van der Waals surface area contributed by atoms with Crippen LogP contribution in [-0.2, 0) is 0 Å². The van der Waals surface area contributed by atoms with Crippen molar-refractivity contribution >= 4 is 17.3 Å². The number of amides is 1. The van der Waals surface area contributed by atoms with E-state index in [2.05, 4.69) is 16.3 Å². The van der Waals surface area contributed by atoms with Gasteiger partial charge in [0.25, 0.3) is 5.91 Å². The number of hydrogen-bond acceptors (Lipinski definition) is 4. The van der Waals surface area contributed by atoms with Gasteiger partial charge in [-0.15, -0.1) is 0 Å². The van der Waals surface area contributed by atoms with Gasteiger partial charge in [-0.05, 0) is 49.6 Å². The second-order valence-corrected chi connectivity index (χ2v) is 6.73. The van der Waals surface area contributed by atoms with E-state index in [1.807, 2.05) is 24.3 Å². The molecule has 5 nitrogen and oxygen atoms in total. The van der Waals surface area contributed by atoms with Crippen LogP contribution in [0.25, 0.3) is 0 Å². The van der Waals surface area contributed by atoms with Crippen molar-refractivity contribution in [3.8, 4) is 11.5 Å². The fourth-order valence-electron chi connectivity index (χ4n) is 3.49. The molecule has 1 fully saturated rings. The van der Waals surface area contributed by atoms with E-state index < -0.39 is 0 Å². The third-order valence-corrected chi connectivity index (χ3v) is 4.86. The highest BCUT2D eigenvalue weighted by Crippen LogP contribution is 2.32. The third kappa shape index (κ3) is 3.62. The second kappa shape index (κ2) is 7.68. The molecule has 5 heteroatoms. The predicted octanol–water partition coefficient (Wildman–Crippen LogP) is 4.09. The van der Waals surface area contributed by atoms with Crippen LogP contribution in [-0.4, -0.2) is 32.2 Å². The average molecular weight is 352 g/mol. The van der Waals surface area contributed by atoms with Crippen molar-refractivity contribution in [1.82, 2.24) is 0 Å². The molecule has 2 aromatic rings. The maximum atomic E-state index is 12.8. The Morgan fingerprint density at radius 1 is 0.885 bits per heavy atom. The summed E-state index contributed by atoms with van der Waals surface area (Å²) in [5, 5.41) is 3.07. The largest absolute Gasteiger partial charge is 0.490 e. The number of nitrogens with one attached hydrogen (secondary N) is 1. The van der Waals surface area contributed by atoms with Crippen molar-refractivity contribution in [1.29, 1.82) is 0 Å². The summed E-state index contributed by atoms with van der Waals surface area (Å²) < 4.78 is 11.3. The number of benzene rings is 2. The van der Waals surface area contributed by atoms with E-state index in [1.165, 1.54) is 19.3 Å². The molecule has 2 heterocycles. The zero-order valence-electron chi connectivity index (χ0n) is 14.9. The summed E-state index contributed by atoms with van der Waals surface area (Å²) in [6.07, 6.45) is 4.52. The molecule has 1 saturated heterocycles. The van der Waals surface area contributed by atoms with Gasteiger partial charge in [0, 0.05) is 25.1 Å². The smallest absolute Gasteiger partial charge is 0.255 e. The van der Waals surface area contributed by atoms with Crippen molar-refractivity contribution < 1.29 is 14.3 Å². The minimum Gasteiger partial charge on any atom is -0.490 e. The number of hydrogen-bond donors (Lipinski definition) is 1. The zero-order chi connectivity index (χ0) is 17.8. The Bertz CT molecular complexity index is 785. The summed E-state index contributed by atoms with van der Waals surface area (Å²) >= 11 is 0. The van der Waals surface area contributed by atoms with Crippen molar-refractivity contribution in [2.45, 2.75) is 25.7 Å². The number of anilines is 2. The molecule has 2 aromatic carbocycles. The zero-order valence-corrected chi connectivity index (χ0v) is 14.9. The average Bonchev–Trinajstić information content (AvgIpc) is 2.94. The van der Waals surface area contributed by atoms with E-state index >= 15 is 0 Å². The Labute approximate surface area is 153 Å². The van der Waals surface area contributed by atoms with Crippen molar-refractivity contribution in [3.05, 3.63) is 48.0 Å². The van der Waals surface area contributed by atoms with Gasteiger partial charge in [-0.3, -0.25) is 4.79 Å². The molecule has 0 unspecified atom stereocenters. The number of piperidine rings is 1. The van der Waals surface area contributed by atoms with Gasteiger partial charge in [0.1, 0.15) is 0 Å². The molecule has 0 aromatic heterocycles. The summed E-state index contributed by atoms with van der Waals surface area (Å²) in [5.41, 5.74) is 2.52. The molecule has 1 amide bonds. The van der Waals surface area contributed by atoms with Gasteiger partial charge in [0.05, 0.1) is 24.6 Å². The highest BCUT2D eigenvalue weighted by atomic mass is 16.5. The SMILES string of the molecule is O=C(Nc1ccccc1N1CCCCC1)c1ccc2c(c1)OCCCO2. The number of fused-ring (bicyclic) bond motifs is 1. The van der Waals surface area contributed by atoms with Gasteiger partial charge in [-0.1, -0.05) is 12.1 Å². The molecule has 0 spiro atoms. The van der Waals surface area contributed by atoms with Crippen LogP contribution in [0, 0.1) is 0 Å². The van der Waals surface area contributed by atoms with Crippen molar-refractivity contribution in [2.24, 2.45) is 0 Å². The summed E-state index contributed by atoms with van der Waals surface area (Å²) in [5.74, 6) is 1.21. The topological polar surface area (TPSA) is 50.8 Å². The quantitative estimate of drug-likeness (QED) is 0.904. The van der Waals surface area contributed by atoms with Crippen LogP contribution in [0.1, 0.15) is 36.0 Å². The lowest BCUT2D eigenvalue weighted by atomic mass is 10.1. The van der Waals surface area contributed by atoms with Crippen LogP contribution in [0.3, 0.4) is 0 Å². The molecule has 0 aliphatic carbocycles. The Morgan fingerprint density at radius 3 is 2.50 bits per heavy atom. The maximum absolute atomic E-state index is 12.8. The van der Waals surface area contributed by atoms with Gasteiger partial charge < -0.3 is 19.7 Å². The first-order valence-corrected chi connectivity index (χ1v) is 9.36. The first-order valence-electron chi connectivity index (χ1n) is 9.36. The standard InChI is InChI=1S/C21H24N2O3/c24-21(16-9-10-19-20(15-16)26-14-6-13-25-19)22-17-7-2-3-8-18(17)23-11-4-1-5-12-23/h2-3,7-10,15H,1,4-6,11-14H2,(H,22,24). The lowest BCUT2D eigenvalue weighted by Gasteiger charge is -2.30. The van der Waals surface area contributed by atoms with Crippen LogP contribution in [0.15, 0.2) is 42.5 Å². The second-order valence-electron chi connectivity index (χ2n) is 6.73. The predicted molar refractivity (Wildman–Crippen MR) is 103 cm³/mol. The summed E-state index contributed by atoms with van der Waals surface area (Å²) in [6.45, 7) is 3.32. The number of ether oxygens (including phenoxy) is 2. The fourth-order valence-corrected chi connectivity index (χ4v) is 3.49. The van der Waals surface area contributed by atoms with Gasteiger partial charge >= 0.3 is 0 Å². The lowest BCUT2D eigenvalue weighted by Crippen LogP contribution is -2.30. The Kier molecular flexibility index (Phi) is 4.95. The summed E-state index contributed by atoms with van der Waals surface area (Å²) in [4.78, 5) is 15.1. The normalized spacial score (nSPS) is 16.7. The molecule has 1 N–H and O–H groups in total. The van der Waals surface area contributed by atoms with E-state index in [9.17, 15) is 4.79 Å². The number of carbonyl (C=O) groups excluding carboxylic acids is 1. The number of nitrogens with zero attached hydrogens (tertiary/aromatic N) is 1. The highest BCUT2D eigenvalue weighted by Gasteiger charge is 2.18. The Morgan fingerprint density at radius 2 is 1.65 bits per heavy atom. The van der Waals surface area contributed by atoms with E-state index in [4.69, 9.17) is 9.47 Å². The maximum Gasteiger partial charge on any atom is 0.255 e. The number of para-hydroxylation sites is 2. The van der Waals surface area contributed by atoms with Gasteiger partial charge in [-0.2, -0.15) is 0 Å². The molecule has 4 rings (SSSR count). The molecule has 0 atom stereocenters. The van der Waals surface area contributed by atoms with E-state index in [0.717, 1.165) is 30.9 Å². The van der Waals surface area contributed by atoms with Crippen LogP contribution >= 0.6 is 0 Å². The molecule has 2 aliphatic heterocycles. The molecular formula is C21H24N2O3. The first kappa shape index (κ1) is 16.8. The van der Waals surface area contributed by atoms with Gasteiger partial charge in [0.2, 0.25) is 0 Å². The molecular weight excluding hydrogens is 328 g/mol. The molecule has 2 aliphatic rings. The van der Waals surface area contributed by atoms with E-state index in [0.29, 0.717) is 30.3 Å². The van der Waals surface area contributed by atoms with Crippen LogP contribution in [0.5, 0.6) is 11.5 Å². The van der Waals surface area contributed by atoms with Crippen molar-refractivity contribution in [3.63, 3.8) is 0 Å². The van der Waals surface area contributed by atoms with Crippen molar-refractivity contribution in [2.75, 3.05) is 36.5 Å². The van der Waals surface area contributed by atoms with Crippen LogP contribution in [0.2, 0.25) is 0 Å². The summed E-state index contributed by atoms with van der Waals surface area (Å²) in [7, 11) is 0. The molecule has 26 heavy (non-hydrogen) atoms. The van der Waals surface area contributed by atoms with Crippen LogP contribution < -0.4 is 19.7 Å². The molecule has 0 saturated carbocycles. The number of carbonyl (C=O) groups is 1. The van der Waals surface area contributed by atoms with Gasteiger partial charge in [-0.25, -0.2) is 0 Å². The fraction of sp³-hybridized carbons (Fsp3) is 0.381. The first-order chi connectivity index (χ1) is 12.8. The minimum absolute atomic E-state index is 0.134. The Hall–Kier alpha value is -2.69. The van der Waals surface area contributed by atoms with Crippen LogP contribution in [0.4, 0.5) is 11.4 Å². The summed E-state index contributed by atoms with van der Waals surface area (Å²) in [6, 6.07) is 13.4. The third-order valence-electron chi connectivity index (χ3n) is 4.86. The Balaban J connectivity index is 1.54. The molecule has 0 radical (unpaired) electrons. The molecule has 136 valence electrons. The van der Waals surface area contributed by atoms with E-state index in [-0.39, 0.29) is 5.91 Å². The minimum atomic E-state index is -0.134. The molecule has 0 bridgehead atoms.